The van der Waals surface area contributed by atoms with E-state index in [1.165, 1.54) is 0 Å². The Kier molecular flexibility index (Phi) is 4.30. The van der Waals surface area contributed by atoms with Gasteiger partial charge in [-0.15, -0.1) is 0 Å². The van der Waals surface area contributed by atoms with Crippen LogP contribution in [0.25, 0.3) is 0 Å². The molecule has 18 heavy (non-hydrogen) atoms. The fourth-order valence-corrected chi connectivity index (χ4v) is 1.29. The maximum atomic E-state index is 11.6. The van der Waals surface area contributed by atoms with Gasteiger partial charge < -0.3 is 15.8 Å². The summed E-state index contributed by atoms with van der Waals surface area (Å²) >= 11 is 0. The molecule has 2 amide bonds. The van der Waals surface area contributed by atoms with Crippen molar-refractivity contribution in [2.45, 2.75) is 26.4 Å². The van der Waals surface area contributed by atoms with Crippen LogP contribution in [0.4, 0.5) is 4.79 Å². The summed E-state index contributed by atoms with van der Waals surface area (Å²) in [7, 11) is 0. The number of nitrogens with two attached hydrogens (primary N) is 1. The predicted molar refractivity (Wildman–Crippen MR) is 67.0 cm³/mol. The van der Waals surface area contributed by atoms with Crippen molar-refractivity contribution in [2.24, 2.45) is 10.7 Å². The van der Waals surface area contributed by atoms with Crippen molar-refractivity contribution in [2.75, 3.05) is 13.1 Å². The standard InChI is InChI=1S/C11H18N4O3/c1-11(2,3)18-10(17)15-7(6-12)8-9(16)14-5-4-13-8/h6H,4-5,12H2,1-3H3,(H,14,16)(H,15,17). The third kappa shape index (κ3) is 4.08. The molecule has 7 heteroatoms. The van der Waals surface area contributed by atoms with E-state index in [1.807, 2.05) is 0 Å². The summed E-state index contributed by atoms with van der Waals surface area (Å²) in [5.41, 5.74) is 5.01. The van der Waals surface area contributed by atoms with Gasteiger partial charge in [-0.2, -0.15) is 0 Å². The number of hydrogen-bond donors (Lipinski definition) is 3. The minimum absolute atomic E-state index is 0.106. The zero-order valence-corrected chi connectivity index (χ0v) is 10.7. The van der Waals surface area contributed by atoms with Gasteiger partial charge in [0.2, 0.25) is 0 Å². The van der Waals surface area contributed by atoms with Crippen LogP contribution < -0.4 is 16.4 Å². The Morgan fingerprint density at radius 2 is 2.22 bits per heavy atom. The Labute approximate surface area is 105 Å². The summed E-state index contributed by atoms with van der Waals surface area (Å²) in [5.74, 6) is -0.367. The first-order valence-electron chi connectivity index (χ1n) is 5.58. The van der Waals surface area contributed by atoms with E-state index in [4.69, 9.17) is 10.5 Å². The van der Waals surface area contributed by atoms with Crippen LogP contribution in [0.1, 0.15) is 20.8 Å². The van der Waals surface area contributed by atoms with Gasteiger partial charge in [-0.25, -0.2) is 4.79 Å². The molecule has 0 saturated heterocycles. The molecule has 100 valence electrons. The molecule has 1 aliphatic heterocycles. The average Bonchev–Trinajstić information content (AvgIpc) is 2.24. The van der Waals surface area contributed by atoms with Gasteiger partial charge in [0.1, 0.15) is 11.3 Å². The smallest absolute Gasteiger partial charge is 0.412 e. The number of ether oxygens (including phenoxy) is 1. The highest BCUT2D eigenvalue weighted by atomic mass is 16.6. The van der Waals surface area contributed by atoms with Crippen LogP contribution in [0.2, 0.25) is 0 Å². The van der Waals surface area contributed by atoms with Crippen molar-refractivity contribution in [3.05, 3.63) is 11.9 Å². The second-order valence-electron chi connectivity index (χ2n) is 4.69. The van der Waals surface area contributed by atoms with Gasteiger partial charge in [-0.05, 0) is 20.8 Å². The molecular formula is C11H18N4O3. The summed E-state index contributed by atoms with van der Waals surface area (Å²) in [5, 5.41) is 5.02. The summed E-state index contributed by atoms with van der Waals surface area (Å²) in [4.78, 5) is 27.1. The zero-order valence-electron chi connectivity index (χ0n) is 10.7. The maximum Gasteiger partial charge on any atom is 0.412 e. The van der Waals surface area contributed by atoms with E-state index < -0.39 is 11.7 Å². The molecule has 1 heterocycles. The lowest BCUT2D eigenvalue weighted by molar-refractivity contribution is -0.115. The van der Waals surface area contributed by atoms with Gasteiger partial charge in [0, 0.05) is 12.7 Å². The molecule has 1 rings (SSSR count). The van der Waals surface area contributed by atoms with Crippen LogP contribution in [-0.4, -0.2) is 36.4 Å². The van der Waals surface area contributed by atoms with Crippen LogP contribution >= 0.6 is 0 Å². The van der Waals surface area contributed by atoms with Crippen molar-refractivity contribution >= 4 is 17.7 Å². The Morgan fingerprint density at radius 3 is 2.72 bits per heavy atom. The quantitative estimate of drug-likeness (QED) is 0.638. The summed E-state index contributed by atoms with van der Waals surface area (Å²) < 4.78 is 5.06. The van der Waals surface area contributed by atoms with Crippen LogP contribution in [0.3, 0.4) is 0 Å². The molecule has 0 aromatic carbocycles. The first-order valence-corrected chi connectivity index (χ1v) is 5.58. The number of carbonyl (C=O) groups is 2. The number of nitrogens with one attached hydrogen (secondary N) is 2. The molecule has 0 fully saturated rings. The highest BCUT2D eigenvalue weighted by molar-refractivity contribution is 6.45. The van der Waals surface area contributed by atoms with Crippen LogP contribution in [0.15, 0.2) is 16.9 Å². The third-order valence-electron chi connectivity index (χ3n) is 1.94. The van der Waals surface area contributed by atoms with Gasteiger partial charge in [-0.1, -0.05) is 0 Å². The number of carbonyl (C=O) groups excluding carboxylic acids is 2. The molecule has 0 atom stereocenters. The topological polar surface area (TPSA) is 106 Å². The zero-order chi connectivity index (χ0) is 13.8. The van der Waals surface area contributed by atoms with Crippen molar-refractivity contribution in [1.29, 1.82) is 0 Å². The molecule has 0 radical (unpaired) electrons. The third-order valence-corrected chi connectivity index (χ3v) is 1.94. The van der Waals surface area contributed by atoms with Gasteiger partial charge in [0.25, 0.3) is 5.91 Å². The summed E-state index contributed by atoms with van der Waals surface area (Å²) in [6, 6.07) is 0. The van der Waals surface area contributed by atoms with Gasteiger partial charge in [-0.3, -0.25) is 15.1 Å². The largest absolute Gasteiger partial charge is 0.444 e. The fraction of sp³-hybridized carbons (Fsp3) is 0.545. The first kappa shape index (κ1) is 14.0. The molecule has 0 saturated carbocycles. The number of alkyl carbamates (subject to hydrolysis) is 1. The lowest BCUT2D eigenvalue weighted by Crippen LogP contribution is -2.43. The van der Waals surface area contributed by atoms with Crippen molar-refractivity contribution in [3.8, 4) is 0 Å². The molecule has 4 N–H and O–H groups in total. The minimum atomic E-state index is -0.680. The molecule has 0 unspecified atom stereocenters. The summed E-state index contributed by atoms with van der Waals surface area (Å²) in [6.45, 7) is 6.15. The maximum absolute atomic E-state index is 11.6. The van der Waals surface area contributed by atoms with E-state index in [9.17, 15) is 9.59 Å². The van der Waals surface area contributed by atoms with Crippen molar-refractivity contribution in [1.82, 2.24) is 10.6 Å². The SMILES string of the molecule is CC(C)(C)OC(=O)NC(=CN)C1=NCCNC1=O. The Hall–Kier alpha value is -2.05. The molecular weight excluding hydrogens is 236 g/mol. The molecule has 0 spiro atoms. The highest BCUT2D eigenvalue weighted by Crippen LogP contribution is 2.07. The van der Waals surface area contributed by atoms with Gasteiger partial charge >= 0.3 is 6.09 Å². The Morgan fingerprint density at radius 1 is 1.56 bits per heavy atom. The predicted octanol–water partition coefficient (Wildman–Crippen LogP) is -0.118. The van der Waals surface area contributed by atoms with Crippen LogP contribution in [-0.2, 0) is 9.53 Å². The second kappa shape index (κ2) is 5.52. The number of hydrogen-bond acceptors (Lipinski definition) is 5. The lowest BCUT2D eigenvalue weighted by Gasteiger charge is -2.21. The van der Waals surface area contributed by atoms with E-state index in [0.29, 0.717) is 13.1 Å². The number of nitrogens with zero attached hydrogens (tertiary/aromatic N) is 1. The fourth-order valence-electron chi connectivity index (χ4n) is 1.29. The molecule has 0 aliphatic carbocycles. The minimum Gasteiger partial charge on any atom is -0.444 e. The van der Waals surface area contributed by atoms with E-state index >= 15 is 0 Å². The second-order valence-corrected chi connectivity index (χ2v) is 4.69. The molecule has 0 aromatic heterocycles. The Balaban J connectivity index is 2.72. The number of aliphatic imine (C=N–C) groups is 1. The monoisotopic (exact) mass is 254 g/mol. The molecule has 0 bridgehead atoms. The van der Waals surface area contributed by atoms with Crippen LogP contribution in [0.5, 0.6) is 0 Å². The van der Waals surface area contributed by atoms with Gasteiger partial charge in [0.15, 0.2) is 0 Å². The molecule has 0 aromatic rings. The van der Waals surface area contributed by atoms with Crippen LogP contribution in [0, 0.1) is 0 Å². The lowest BCUT2D eigenvalue weighted by atomic mass is 10.2. The number of rotatable bonds is 2. The van der Waals surface area contributed by atoms with Crippen molar-refractivity contribution < 1.29 is 14.3 Å². The highest BCUT2D eigenvalue weighted by Gasteiger charge is 2.23. The molecule has 1 aliphatic rings. The van der Waals surface area contributed by atoms with Gasteiger partial charge in [0.05, 0.1) is 12.2 Å². The van der Waals surface area contributed by atoms with E-state index in [1.54, 1.807) is 20.8 Å². The first-order chi connectivity index (χ1) is 8.33. The average molecular weight is 254 g/mol. The molecule has 7 nitrogen and oxygen atoms in total. The van der Waals surface area contributed by atoms with E-state index in [0.717, 1.165) is 6.20 Å². The number of amides is 2. The normalized spacial score (nSPS) is 16.7. The summed E-state index contributed by atoms with van der Waals surface area (Å²) in [6.07, 6.45) is 0.438. The van der Waals surface area contributed by atoms with E-state index in [-0.39, 0.29) is 17.3 Å². The van der Waals surface area contributed by atoms with Crippen molar-refractivity contribution in [3.63, 3.8) is 0 Å². The Bertz CT molecular complexity index is 407. The van der Waals surface area contributed by atoms with E-state index in [2.05, 4.69) is 15.6 Å².